The Hall–Kier alpha value is -2.17. The van der Waals surface area contributed by atoms with Crippen LogP contribution in [0.1, 0.15) is 0 Å². The molecule has 96 valence electrons. The van der Waals surface area contributed by atoms with E-state index in [2.05, 4.69) is 0 Å². The fourth-order valence-electron chi connectivity index (χ4n) is 1.67. The first kappa shape index (κ1) is 12.3. The van der Waals surface area contributed by atoms with Gasteiger partial charge in [-0.2, -0.15) is 0 Å². The zero-order valence-electron chi connectivity index (χ0n) is 10.5. The summed E-state index contributed by atoms with van der Waals surface area (Å²) in [4.78, 5) is 11.6. The summed E-state index contributed by atoms with van der Waals surface area (Å²) < 4.78 is 13.9. The van der Waals surface area contributed by atoms with Crippen molar-refractivity contribution in [3.8, 4) is 11.5 Å². The summed E-state index contributed by atoms with van der Waals surface area (Å²) in [6.45, 7) is 0.933. The summed E-state index contributed by atoms with van der Waals surface area (Å²) in [6, 6.07) is 7.44. The molecule has 0 saturated carbocycles. The summed E-state index contributed by atoms with van der Waals surface area (Å²) in [7, 11) is 3.32. The highest BCUT2D eigenvalue weighted by atomic mass is 16.5. The molecule has 0 aliphatic carbocycles. The van der Waals surface area contributed by atoms with E-state index in [4.69, 9.17) is 9.47 Å². The number of imidazole rings is 1. The first-order chi connectivity index (χ1) is 8.72. The van der Waals surface area contributed by atoms with Crippen molar-refractivity contribution in [2.24, 2.45) is 7.05 Å². The Kier molecular flexibility index (Phi) is 3.72. The van der Waals surface area contributed by atoms with Crippen molar-refractivity contribution in [2.75, 3.05) is 13.7 Å². The highest BCUT2D eigenvalue weighted by Crippen LogP contribution is 2.25. The molecule has 1 aromatic heterocycles. The number of benzene rings is 1. The highest BCUT2D eigenvalue weighted by Gasteiger charge is 2.03. The average Bonchev–Trinajstić information content (AvgIpc) is 2.71. The number of para-hydroxylation sites is 2. The van der Waals surface area contributed by atoms with Gasteiger partial charge in [-0.05, 0) is 12.1 Å². The lowest BCUT2D eigenvalue weighted by atomic mass is 10.3. The molecule has 0 atom stereocenters. The van der Waals surface area contributed by atoms with E-state index in [0.29, 0.717) is 24.7 Å². The molecule has 18 heavy (non-hydrogen) atoms. The van der Waals surface area contributed by atoms with Crippen molar-refractivity contribution in [2.45, 2.75) is 6.54 Å². The molecule has 5 nitrogen and oxygen atoms in total. The van der Waals surface area contributed by atoms with E-state index in [1.165, 1.54) is 4.57 Å². The third kappa shape index (κ3) is 2.56. The number of rotatable bonds is 5. The van der Waals surface area contributed by atoms with Crippen LogP contribution in [0.15, 0.2) is 41.5 Å². The van der Waals surface area contributed by atoms with E-state index >= 15 is 0 Å². The molecule has 0 aliphatic rings. The first-order valence-corrected chi connectivity index (χ1v) is 5.70. The molecule has 0 aliphatic heterocycles. The largest absolute Gasteiger partial charge is 0.493 e. The monoisotopic (exact) mass is 248 g/mol. The molecule has 0 saturated heterocycles. The van der Waals surface area contributed by atoms with Crippen LogP contribution >= 0.6 is 0 Å². The van der Waals surface area contributed by atoms with Gasteiger partial charge in [0.15, 0.2) is 11.5 Å². The number of hydrogen-bond acceptors (Lipinski definition) is 3. The molecule has 0 fully saturated rings. The van der Waals surface area contributed by atoms with Crippen LogP contribution < -0.4 is 15.2 Å². The Morgan fingerprint density at radius 3 is 2.50 bits per heavy atom. The maximum Gasteiger partial charge on any atom is 0.327 e. The van der Waals surface area contributed by atoms with E-state index in [-0.39, 0.29) is 5.69 Å². The van der Waals surface area contributed by atoms with E-state index in [9.17, 15) is 4.79 Å². The van der Waals surface area contributed by atoms with Crippen molar-refractivity contribution in [3.05, 3.63) is 47.1 Å². The SMILES string of the molecule is COc1ccccc1OCCn1ccn(C)c1=O. The summed E-state index contributed by atoms with van der Waals surface area (Å²) in [5, 5.41) is 0. The van der Waals surface area contributed by atoms with Gasteiger partial charge in [0.05, 0.1) is 13.7 Å². The Bertz CT molecular complexity index is 572. The van der Waals surface area contributed by atoms with Gasteiger partial charge in [0.1, 0.15) is 6.61 Å². The van der Waals surface area contributed by atoms with Crippen LogP contribution in [0, 0.1) is 0 Å². The molecule has 1 aromatic carbocycles. The minimum atomic E-state index is -0.0429. The number of ether oxygens (including phenoxy) is 2. The number of methoxy groups -OCH3 is 1. The molecule has 1 heterocycles. The predicted molar refractivity (Wildman–Crippen MR) is 68.2 cm³/mol. The van der Waals surface area contributed by atoms with Gasteiger partial charge in [0.2, 0.25) is 0 Å². The van der Waals surface area contributed by atoms with Crippen LogP contribution in [0.2, 0.25) is 0 Å². The summed E-state index contributed by atoms with van der Waals surface area (Å²) in [6.07, 6.45) is 3.47. The van der Waals surface area contributed by atoms with Crippen molar-refractivity contribution in [3.63, 3.8) is 0 Å². The molecule has 0 unspecified atom stereocenters. The van der Waals surface area contributed by atoms with Gasteiger partial charge >= 0.3 is 5.69 Å². The third-order valence-corrected chi connectivity index (χ3v) is 2.68. The minimum absolute atomic E-state index is 0.0429. The average molecular weight is 248 g/mol. The van der Waals surface area contributed by atoms with Crippen LogP contribution in [0.5, 0.6) is 11.5 Å². The number of aryl methyl sites for hydroxylation is 1. The van der Waals surface area contributed by atoms with E-state index in [1.807, 2.05) is 24.3 Å². The summed E-state index contributed by atoms with van der Waals surface area (Å²) >= 11 is 0. The van der Waals surface area contributed by atoms with Crippen LogP contribution in [0.3, 0.4) is 0 Å². The molecule has 0 amide bonds. The molecule has 0 bridgehead atoms. The molecule has 0 spiro atoms. The minimum Gasteiger partial charge on any atom is -0.493 e. The van der Waals surface area contributed by atoms with E-state index in [1.54, 1.807) is 31.1 Å². The fraction of sp³-hybridized carbons (Fsp3) is 0.308. The standard InChI is InChI=1S/C13H16N2O3/c1-14-7-8-15(13(14)16)9-10-18-12-6-4-3-5-11(12)17-2/h3-8H,9-10H2,1-2H3. The van der Waals surface area contributed by atoms with Crippen LogP contribution in [-0.2, 0) is 13.6 Å². The molecular formula is C13H16N2O3. The number of nitrogens with zero attached hydrogens (tertiary/aromatic N) is 2. The van der Waals surface area contributed by atoms with Gasteiger partial charge in [-0.25, -0.2) is 4.79 Å². The van der Waals surface area contributed by atoms with Crippen LogP contribution in [-0.4, -0.2) is 22.9 Å². The second-order valence-corrected chi connectivity index (χ2v) is 3.88. The Morgan fingerprint density at radius 1 is 1.17 bits per heavy atom. The van der Waals surface area contributed by atoms with E-state index < -0.39 is 0 Å². The number of hydrogen-bond donors (Lipinski definition) is 0. The van der Waals surface area contributed by atoms with Crippen molar-refractivity contribution in [1.82, 2.24) is 9.13 Å². The maximum atomic E-state index is 11.6. The Balaban J connectivity index is 1.96. The Labute approximate surface area is 105 Å². The zero-order valence-corrected chi connectivity index (χ0v) is 10.5. The molecule has 2 aromatic rings. The van der Waals surface area contributed by atoms with Crippen molar-refractivity contribution >= 4 is 0 Å². The Morgan fingerprint density at radius 2 is 1.89 bits per heavy atom. The smallest absolute Gasteiger partial charge is 0.327 e. The molecule has 5 heteroatoms. The van der Waals surface area contributed by atoms with Gasteiger partial charge in [-0.15, -0.1) is 0 Å². The van der Waals surface area contributed by atoms with Crippen LogP contribution in [0.25, 0.3) is 0 Å². The quantitative estimate of drug-likeness (QED) is 0.800. The third-order valence-electron chi connectivity index (χ3n) is 2.68. The van der Waals surface area contributed by atoms with Crippen molar-refractivity contribution < 1.29 is 9.47 Å². The zero-order chi connectivity index (χ0) is 13.0. The molecule has 0 N–H and O–H groups in total. The highest BCUT2D eigenvalue weighted by molar-refractivity contribution is 5.39. The predicted octanol–water partition coefficient (Wildman–Crippen LogP) is 1.27. The number of aromatic nitrogens is 2. The van der Waals surface area contributed by atoms with Gasteiger partial charge in [-0.1, -0.05) is 12.1 Å². The summed E-state index contributed by atoms with van der Waals surface area (Å²) in [5.74, 6) is 1.38. The maximum absolute atomic E-state index is 11.6. The first-order valence-electron chi connectivity index (χ1n) is 5.70. The molecule has 0 radical (unpaired) electrons. The van der Waals surface area contributed by atoms with Crippen LogP contribution in [0.4, 0.5) is 0 Å². The lowest BCUT2D eigenvalue weighted by Gasteiger charge is -2.10. The normalized spacial score (nSPS) is 10.3. The van der Waals surface area contributed by atoms with Gasteiger partial charge in [0.25, 0.3) is 0 Å². The lowest BCUT2D eigenvalue weighted by Crippen LogP contribution is -2.24. The summed E-state index contributed by atoms with van der Waals surface area (Å²) in [5.41, 5.74) is -0.0429. The van der Waals surface area contributed by atoms with Gasteiger partial charge < -0.3 is 14.0 Å². The van der Waals surface area contributed by atoms with E-state index in [0.717, 1.165) is 0 Å². The topological polar surface area (TPSA) is 45.4 Å². The van der Waals surface area contributed by atoms with Gasteiger partial charge in [-0.3, -0.25) is 4.57 Å². The molecular weight excluding hydrogens is 232 g/mol. The van der Waals surface area contributed by atoms with Gasteiger partial charge in [0, 0.05) is 19.4 Å². The van der Waals surface area contributed by atoms with Crippen molar-refractivity contribution in [1.29, 1.82) is 0 Å². The fourth-order valence-corrected chi connectivity index (χ4v) is 1.67. The second kappa shape index (κ2) is 5.44. The molecule has 2 rings (SSSR count). The second-order valence-electron chi connectivity index (χ2n) is 3.88. The lowest BCUT2D eigenvalue weighted by molar-refractivity contribution is 0.278.